The van der Waals surface area contributed by atoms with Gasteiger partial charge in [0.05, 0.1) is 24.8 Å². The lowest BCUT2D eigenvalue weighted by atomic mass is 9.86. The molecule has 0 heterocycles. The van der Waals surface area contributed by atoms with Crippen molar-refractivity contribution in [2.24, 2.45) is 11.3 Å². The summed E-state index contributed by atoms with van der Waals surface area (Å²) in [5.41, 5.74) is -1.12. The molecule has 2 aliphatic carbocycles. The molecule has 0 bridgehead atoms. The van der Waals surface area contributed by atoms with Gasteiger partial charge in [0.2, 0.25) is 10.0 Å². The second-order valence-corrected chi connectivity index (χ2v) is 9.59. The number of hydrogen-bond donors (Lipinski definition) is 2. The lowest BCUT2D eigenvalue weighted by Crippen LogP contribution is -2.56. The smallest absolute Gasteiger partial charge is 0.317 e. The topological polar surface area (TPSA) is 113 Å². The fourth-order valence-corrected chi connectivity index (χ4v) is 5.09. The summed E-state index contributed by atoms with van der Waals surface area (Å²) in [6.07, 6.45) is 3.47. The van der Waals surface area contributed by atoms with E-state index < -0.39 is 27.4 Å². The molecule has 2 aliphatic rings. The monoisotopic (exact) mass is 376 g/mol. The summed E-state index contributed by atoms with van der Waals surface area (Å²) in [5.74, 6) is -1.18. The zero-order valence-electron chi connectivity index (χ0n) is 15.0. The van der Waals surface area contributed by atoms with Gasteiger partial charge in [0.1, 0.15) is 0 Å². The van der Waals surface area contributed by atoms with Gasteiger partial charge in [0, 0.05) is 18.6 Å². The third-order valence-corrected chi connectivity index (χ3v) is 6.59. The molecule has 25 heavy (non-hydrogen) atoms. The number of nitrogens with one attached hydrogen (secondary N) is 1. The average molecular weight is 376 g/mol. The molecule has 2 fully saturated rings. The molecule has 0 unspecified atom stereocenters. The number of carboxylic acids is 1. The predicted octanol–water partition coefficient (Wildman–Crippen LogP) is 0.433. The normalized spacial score (nSPS) is 24.0. The summed E-state index contributed by atoms with van der Waals surface area (Å²) in [6.45, 7) is 3.83. The van der Waals surface area contributed by atoms with Gasteiger partial charge < -0.3 is 9.84 Å². The van der Waals surface area contributed by atoms with Gasteiger partial charge in [-0.3, -0.25) is 14.5 Å². The zero-order chi connectivity index (χ0) is 18.8. The molecule has 0 radical (unpaired) electrons. The van der Waals surface area contributed by atoms with Crippen LogP contribution in [0.3, 0.4) is 0 Å². The molecule has 9 heteroatoms. The second kappa shape index (κ2) is 7.59. The number of carbonyl (C=O) groups is 2. The summed E-state index contributed by atoms with van der Waals surface area (Å²) < 4.78 is 31.8. The first-order valence-electron chi connectivity index (χ1n) is 8.56. The quantitative estimate of drug-likeness (QED) is 0.532. The third kappa shape index (κ3) is 5.93. The van der Waals surface area contributed by atoms with Crippen LogP contribution in [0.5, 0.6) is 0 Å². The van der Waals surface area contributed by atoms with Crippen molar-refractivity contribution >= 4 is 22.0 Å². The van der Waals surface area contributed by atoms with Gasteiger partial charge in [-0.25, -0.2) is 13.1 Å². The number of carbonyl (C=O) groups excluding carboxylic acids is 1. The number of ether oxygens (including phenoxy) is 1. The molecule has 2 saturated carbocycles. The van der Waals surface area contributed by atoms with E-state index in [4.69, 9.17) is 5.11 Å². The third-order valence-electron chi connectivity index (χ3n) is 4.79. The Morgan fingerprint density at radius 1 is 1.28 bits per heavy atom. The van der Waals surface area contributed by atoms with Crippen molar-refractivity contribution in [3.05, 3.63) is 0 Å². The van der Waals surface area contributed by atoms with Gasteiger partial charge in [0.15, 0.2) is 0 Å². The highest BCUT2D eigenvalue weighted by atomic mass is 32.2. The van der Waals surface area contributed by atoms with Crippen LogP contribution in [0.15, 0.2) is 0 Å². The Balaban J connectivity index is 1.84. The minimum absolute atomic E-state index is 0.00396. The van der Waals surface area contributed by atoms with Crippen molar-refractivity contribution in [1.82, 2.24) is 9.62 Å². The van der Waals surface area contributed by atoms with Crippen LogP contribution in [-0.2, 0) is 24.3 Å². The van der Waals surface area contributed by atoms with E-state index in [9.17, 15) is 18.0 Å². The molecule has 0 aromatic carbocycles. The fourth-order valence-electron chi connectivity index (χ4n) is 3.24. The number of rotatable bonds is 10. The maximum Gasteiger partial charge on any atom is 0.317 e. The molecule has 0 saturated heterocycles. The summed E-state index contributed by atoms with van der Waals surface area (Å²) in [5, 5.41) is 9.04. The summed E-state index contributed by atoms with van der Waals surface area (Å²) in [6, 6.07) is -0.114. The molecule has 144 valence electrons. The summed E-state index contributed by atoms with van der Waals surface area (Å²) >= 11 is 0. The number of sulfonamides is 1. The van der Waals surface area contributed by atoms with Crippen LogP contribution >= 0.6 is 0 Å². The standard InChI is InChI=1S/C16H28N2O6S/c1-16(2,15(21)24-3)10-25(22,23)17-12-6-13(7-12)18(9-14(19)20)8-11-4-5-11/h11-13,17H,4-10H2,1-3H3,(H,19,20). The number of nitrogens with zero attached hydrogens (tertiary/aromatic N) is 1. The van der Waals surface area contributed by atoms with E-state index in [1.165, 1.54) is 21.0 Å². The Kier molecular flexibility index (Phi) is 6.11. The van der Waals surface area contributed by atoms with E-state index in [1.54, 1.807) is 0 Å². The lowest BCUT2D eigenvalue weighted by molar-refractivity contribution is -0.149. The molecule has 8 nitrogen and oxygen atoms in total. The summed E-state index contributed by atoms with van der Waals surface area (Å²) in [7, 11) is -2.39. The molecule has 0 aliphatic heterocycles. The number of aliphatic carboxylic acids is 1. The average Bonchev–Trinajstić information content (AvgIpc) is 3.23. The largest absolute Gasteiger partial charge is 0.480 e. The van der Waals surface area contributed by atoms with Crippen molar-refractivity contribution in [1.29, 1.82) is 0 Å². The van der Waals surface area contributed by atoms with Crippen molar-refractivity contribution in [3.8, 4) is 0 Å². The Morgan fingerprint density at radius 3 is 2.36 bits per heavy atom. The van der Waals surface area contributed by atoms with Gasteiger partial charge in [-0.1, -0.05) is 0 Å². The van der Waals surface area contributed by atoms with E-state index >= 15 is 0 Å². The highest BCUT2D eigenvalue weighted by molar-refractivity contribution is 7.89. The highest BCUT2D eigenvalue weighted by Gasteiger charge is 2.41. The first-order valence-corrected chi connectivity index (χ1v) is 10.2. The van der Waals surface area contributed by atoms with Crippen LogP contribution in [0, 0.1) is 11.3 Å². The van der Waals surface area contributed by atoms with E-state index in [2.05, 4.69) is 9.46 Å². The number of hydrogen-bond acceptors (Lipinski definition) is 6. The minimum Gasteiger partial charge on any atom is -0.480 e. The van der Waals surface area contributed by atoms with Crippen molar-refractivity contribution in [2.75, 3.05) is 26.0 Å². The molecule has 2 N–H and O–H groups in total. The lowest BCUT2D eigenvalue weighted by Gasteiger charge is -2.42. The van der Waals surface area contributed by atoms with Crippen LogP contribution in [0.4, 0.5) is 0 Å². The SMILES string of the molecule is COC(=O)C(C)(C)CS(=O)(=O)NC1CC(N(CC(=O)O)CC2CC2)C1. The summed E-state index contributed by atoms with van der Waals surface area (Å²) in [4.78, 5) is 24.6. The van der Waals surface area contributed by atoms with Crippen LogP contribution in [0.2, 0.25) is 0 Å². The second-order valence-electron chi connectivity index (χ2n) is 7.84. The van der Waals surface area contributed by atoms with Gasteiger partial charge in [0.25, 0.3) is 0 Å². The Morgan fingerprint density at radius 2 is 1.88 bits per heavy atom. The van der Waals surface area contributed by atoms with Gasteiger partial charge >= 0.3 is 11.9 Å². The number of esters is 1. The number of methoxy groups -OCH3 is 1. The first-order chi connectivity index (χ1) is 11.5. The van der Waals surface area contributed by atoms with Crippen LogP contribution in [0.25, 0.3) is 0 Å². The first kappa shape index (κ1) is 20.1. The molecular formula is C16H28N2O6S. The highest BCUT2D eigenvalue weighted by Crippen LogP contribution is 2.34. The molecule has 0 atom stereocenters. The Bertz CT molecular complexity index is 608. The van der Waals surface area contributed by atoms with Crippen LogP contribution in [-0.4, -0.2) is 68.4 Å². The molecule has 0 amide bonds. The van der Waals surface area contributed by atoms with Crippen molar-refractivity contribution < 1.29 is 27.9 Å². The molecule has 0 spiro atoms. The van der Waals surface area contributed by atoms with Crippen molar-refractivity contribution in [3.63, 3.8) is 0 Å². The van der Waals surface area contributed by atoms with Gasteiger partial charge in [-0.2, -0.15) is 0 Å². The molecule has 0 aromatic heterocycles. The maximum absolute atomic E-state index is 12.3. The predicted molar refractivity (Wildman–Crippen MR) is 91.5 cm³/mol. The van der Waals surface area contributed by atoms with E-state index in [-0.39, 0.29) is 24.4 Å². The molecule has 2 rings (SSSR count). The Hall–Kier alpha value is -1.19. The van der Waals surface area contributed by atoms with E-state index in [0.29, 0.717) is 18.8 Å². The van der Waals surface area contributed by atoms with E-state index in [0.717, 1.165) is 19.4 Å². The Labute approximate surface area is 149 Å². The van der Waals surface area contributed by atoms with E-state index in [1.807, 2.05) is 4.90 Å². The van der Waals surface area contributed by atoms with Gasteiger partial charge in [-0.15, -0.1) is 0 Å². The number of carboxylic acid groups (broad SMARTS) is 1. The van der Waals surface area contributed by atoms with Crippen molar-refractivity contribution in [2.45, 2.75) is 51.6 Å². The van der Waals surface area contributed by atoms with Crippen LogP contribution in [0.1, 0.15) is 39.5 Å². The fraction of sp³-hybridized carbons (Fsp3) is 0.875. The maximum atomic E-state index is 12.3. The molecular weight excluding hydrogens is 348 g/mol. The molecule has 0 aromatic rings. The minimum atomic E-state index is -3.62. The van der Waals surface area contributed by atoms with Crippen LogP contribution < -0.4 is 4.72 Å². The van der Waals surface area contributed by atoms with Gasteiger partial charge in [-0.05, 0) is 45.4 Å². The zero-order valence-corrected chi connectivity index (χ0v) is 15.8.